The zero-order valence-electron chi connectivity index (χ0n) is 18.0. The molecule has 0 bridgehead atoms. The highest BCUT2D eigenvalue weighted by Crippen LogP contribution is 2.35. The van der Waals surface area contributed by atoms with Gasteiger partial charge in [0.25, 0.3) is 5.91 Å². The van der Waals surface area contributed by atoms with Crippen molar-refractivity contribution < 1.29 is 9.53 Å². The van der Waals surface area contributed by atoms with Gasteiger partial charge in [-0.05, 0) is 52.6 Å². The number of carbonyl (C=O) groups is 1. The Morgan fingerprint density at radius 2 is 1.88 bits per heavy atom. The Balaban J connectivity index is 1.47. The Hall–Kier alpha value is -2.99. The Morgan fingerprint density at radius 3 is 2.71 bits per heavy atom. The molecule has 0 saturated heterocycles. The first-order valence-corrected chi connectivity index (χ1v) is 11.9. The van der Waals surface area contributed by atoms with Gasteiger partial charge in [0.1, 0.15) is 10.9 Å². The summed E-state index contributed by atoms with van der Waals surface area (Å²) in [4.78, 5) is 13.4. The lowest BCUT2D eigenvalue weighted by Crippen LogP contribution is -2.29. The Morgan fingerprint density at radius 1 is 1.06 bits per heavy atom. The van der Waals surface area contributed by atoms with Gasteiger partial charge in [0.05, 0.1) is 31.0 Å². The van der Waals surface area contributed by atoms with Gasteiger partial charge in [0, 0.05) is 16.5 Å². The molecule has 172 valence electrons. The number of amides is 1. The lowest BCUT2D eigenvalue weighted by molar-refractivity contribution is 0.0943. The highest BCUT2D eigenvalue weighted by molar-refractivity contribution is 6.34. The molecule has 34 heavy (non-hydrogen) atoms. The van der Waals surface area contributed by atoms with Gasteiger partial charge < -0.3 is 10.1 Å². The normalized spacial score (nSPS) is 13.3. The topological polar surface area (TPSA) is 56.1 Å². The van der Waals surface area contributed by atoms with Crippen LogP contribution in [-0.4, -0.2) is 22.3 Å². The number of benzene rings is 3. The fourth-order valence-electron chi connectivity index (χ4n) is 4.06. The summed E-state index contributed by atoms with van der Waals surface area (Å²) in [5.74, 6) is 0.498. The van der Waals surface area contributed by atoms with E-state index in [1.807, 2.05) is 48.5 Å². The molecule has 3 aromatic carbocycles. The molecule has 1 aliphatic heterocycles. The van der Waals surface area contributed by atoms with Crippen molar-refractivity contribution in [2.24, 2.45) is 0 Å². The molecule has 1 N–H and O–H groups in total. The van der Waals surface area contributed by atoms with Crippen LogP contribution in [0.2, 0.25) is 15.2 Å². The second-order valence-corrected chi connectivity index (χ2v) is 9.23. The standard InChI is InChI=1S/C26H20Cl3N3O2/c27-19-7-8-22(28)20(13-19)24(18-6-9-23-17(12-18)10-11-34-23)31-26(33)21-14-30-32(25(21)29)15-16-4-2-1-3-5-16/h1-9,12-14,24H,10-11,15H2,(H,31,33). The van der Waals surface area contributed by atoms with Crippen LogP contribution in [0.25, 0.3) is 0 Å². The molecule has 1 amide bonds. The number of nitrogens with one attached hydrogen (secondary N) is 1. The number of nitrogens with zero attached hydrogens (tertiary/aromatic N) is 2. The average molecular weight is 513 g/mol. The maximum absolute atomic E-state index is 13.4. The fraction of sp³-hybridized carbons (Fsp3) is 0.154. The molecule has 0 spiro atoms. The lowest BCUT2D eigenvalue weighted by Gasteiger charge is -2.22. The Bertz CT molecular complexity index is 1350. The largest absolute Gasteiger partial charge is 0.493 e. The van der Waals surface area contributed by atoms with Gasteiger partial charge >= 0.3 is 0 Å². The monoisotopic (exact) mass is 511 g/mol. The van der Waals surface area contributed by atoms with Gasteiger partial charge in [-0.1, -0.05) is 71.2 Å². The van der Waals surface area contributed by atoms with Crippen LogP contribution in [0.4, 0.5) is 0 Å². The third-order valence-corrected chi connectivity index (χ3v) is 6.76. The number of ether oxygens (including phenoxy) is 1. The predicted molar refractivity (Wildman–Crippen MR) is 134 cm³/mol. The molecule has 4 aromatic rings. The first-order valence-electron chi connectivity index (χ1n) is 10.8. The summed E-state index contributed by atoms with van der Waals surface area (Å²) < 4.78 is 7.23. The van der Waals surface area contributed by atoms with Gasteiger partial charge in [-0.15, -0.1) is 0 Å². The van der Waals surface area contributed by atoms with Gasteiger partial charge in [-0.2, -0.15) is 5.10 Å². The molecule has 5 rings (SSSR count). The third kappa shape index (κ3) is 4.64. The van der Waals surface area contributed by atoms with Crippen molar-refractivity contribution in [3.05, 3.63) is 116 Å². The molecule has 0 saturated carbocycles. The summed E-state index contributed by atoms with van der Waals surface area (Å²) in [5, 5.41) is 8.69. The number of hydrogen-bond acceptors (Lipinski definition) is 3. The molecule has 2 heterocycles. The molecular weight excluding hydrogens is 493 g/mol. The number of rotatable bonds is 6. The van der Waals surface area contributed by atoms with E-state index in [4.69, 9.17) is 39.5 Å². The Labute approximate surface area is 212 Å². The van der Waals surface area contributed by atoms with Crippen LogP contribution < -0.4 is 10.1 Å². The quantitative estimate of drug-likeness (QED) is 0.328. The van der Waals surface area contributed by atoms with Crippen molar-refractivity contribution in [1.82, 2.24) is 15.1 Å². The molecular formula is C26H20Cl3N3O2. The zero-order valence-corrected chi connectivity index (χ0v) is 20.2. The van der Waals surface area contributed by atoms with Crippen molar-refractivity contribution in [2.45, 2.75) is 19.0 Å². The van der Waals surface area contributed by atoms with Crippen LogP contribution >= 0.6 is 34.8 Å². The number of carbonyl (C=O) groups excluding carboxylic acids is 1. The fourth-order valence-corrected chi connectivity index (χ4v) is 4.71. The first kappa shape index (κ1) is 22.8. The number of hydrogen-bond donors (Lipinski definition) is 1. The van der Waals surface area contributed by atoms with Crippen LogP contribution in [0, 0.1) is 0 Å². The predicted octanol–water partition coefficient (Wildman–Crippen LogP) is 6.35. The van der Waals surface area contributed by atoms with Gasteiger partial charge in [0.2, 0.25) is 0 Å². The summed E-state index contributed by atoms with van der Waals surface area (Å²) in [5.41, 5.74) is 3.96. The average Bonchev–Trinajstić information content (AvgIpc) is 3.46. The second-order valence-electron chi connectivity index (χ2n) is 8.03. The smallest absolute Gasteiger partial charge is 0.256 e. The molecule has 1 aromatic heterocycles. The van der Waals surface area contributed by atoms with Crippen molar-refractivity contribution in [3.8, 4) is 5.75 Å². The van der Waals surface area contributed by atoms with Crippen molar-refractivity contribution in [3.63, 3.8) is 0 Å². The molecule has 0 fully saturated rings. The minimum atomic E-state index is -0.543. The van der Waals surface area contributed by atoms with Crippen molar-refractivity contribution >= 4 is 40.7 Å². The first-order chi connectivity index (χ1) is 16.5. The van der Waals surface area contributed by atoms with E-state index in [-0.39, 0.29) is 16.6 Å². The van der Waals surface area contributed by atoms with E-state index in [0.717, 1.165) is 28.9 Å². The summed E-state index contributed by atoms with van der Waals surface area (Å²) >= 11 is 19.4. The minimum Gasteiger partial charge on any atom is -0.493 e. The molecule has 1 unspecified atom stereocenters. The van der Waals surface area contributed by atoms with E-state index in [1.54, 1.807) is 22.9 Å². The van der Waals surface area contributed by atoms with E-state index in [1.165, 1.54) is 6.20 Å². The Kier molecular flexibility index (Phi) is 6.50. The molecule has 1 aliphatic rings. The van der Waals surface area contributed by atoms with Gasteiger partial charge in [-0.25, -0.2) is 4.68 Å². The summed E-state index contributed by atoms with van der Waals surface area (Å²) in [6.07, 6.45) is 2.29. The van der Waals surface area contributed by atoms with Gasteiger partial charge in [-0.3, -0.25) is 4.79 Å². The number of aromatic nitrogens is 2. The molecule has 1 atom stereocenters. The maximum Gasteiger partial charge on any atom is 0.256 e. The van der Waals surface area contributed by atoms with Crippen LogP contribution in [0.1, 0.15) is 38.7 Å². The van der Waals surface area contributed by atoms with E-state index in [2.05, 4.69) is 10.4 Å². The number of halogens is 3. The van der Waals surface area contributed by atoms with Crippen LogP contribution in [0.5, 0.6) is 5.75 Å². The van der Waals surface area contributed by atoms with Crippen molar-refractivity contribution in [2.75, 3.05) is 6.61 Å². The highest BCUT2D eigenvalue weighted by Gasteiger charge is 2.25. The van der Waals surface area contributed by atoms with E-state index in [9.17, 15) is 4.79 Å². The van der Waals surface area contributed by atoms with Crippen LogP contribution in [-0.2, 0) is 13.0 Å². The maximum atomic E-state index is 13.4. The van der Waals surface area contributed by atoms with Gasteiger partial charge in [0.15, 0.2) is 0 Å². The molecule has 8 heteroatoms. The second kappa shape index (κ2) is 9.71. The van der Waals surface area contributed by atoms with Crippen molar-refractivity contribution in [1.29, 1.82) is 0 Å². The summed E-state index contributed by atoms with van der Waals surface area (Å²) in [6.45, 7) is 1.10. The minimum absolute atomic E-state index is 0.264. The lowest BCUT2D eigenvalue weighted by atomic mass is 9.96. The van der Waals surface area contributed by atoms with Crippen LogP contribution in [0.15, 0.2) is 72.9 Å². The van der Waals surface area contributed by atoms with Crippen LogP contribution in [0.3, 0.4) is 0 Å². The van der Waals surface area contributed by atoms with E-state index >= 15 is 0 Å². The zero-order chi connectivity index (χ0) is 23.7. The summed E-state index contributed by atoms with van der Waals surface area (Å²) in [7, 11) is 0. The highest BCUT2D eigenvalue weighted by atomic mass is 35.5. The third-order valence-electron chi connectivity index (χ3n) is 5.79. The molecule has 0 aliphatic carbocycles. The number of fused-ring (bicyclic) bond motifs is 1. The summed E-state index contributed by atoms with van der Waals surface area (Å²) in [6, 6.07) is 20.3. The molecule has 5 nitrogen and oxygen atoms in total. The molecule has 0 radical (unpaired) electrons. The van der Waals surface area contributed by atoms with E-state index in [0.29, 0.717) is 28.8 Å². The SMILES string of the molecule is O=C(NC(c1ccc2c(c1)CCO2)c1cc(Cl)ccc1Cl)c1cnn(Cc2ccccc2)c1Cl. The van der Waals surface area contributed by atoms with E-state index < -0.39 is 6.04 Å².